The van der Waals surface area contributed by atoms with Crippen molar-refractivity contribution in [2.45, 2.75) is 76.0 Å². The molecule has 3 heterocycles. The lowest BCUT2D eigenvalue weighted by Crippen LogP contribution is -2.52. The maximum Gasteiger partial charge on any atom is 0.274 e. The number of rotatable bonds is 9. The van der Waals surface area contributed by atoms with E-state index in [2.05, 4.69) is 40.7 Å². The molecule has 0 unspecified atom stereocenters. The Bertz CT molecular complexity index is 971. The molecule has 1 aliphatic heterocycles. The Morgan fingerprint density at radius 2 is 2.06 bits per heavy atom. The Hall–Kier alpha value is -2.52. The second kappa shape index (κ2) is 10.00. The van der Waals surface area contributed by atoms with E-state index < -0.39 is 0 Å². The Morgan fingerprint density at radius 1 is 1.24 bits per heavy atom. The summed E-state index contributed by atoms with van der Waals surface area (Å²) in [4.78, 5) is 25.0. The highest BCUT2D eigenvalue weighted by molar-refractivity contribution is 5.98. The predicted molar refractivity (Wildman–Crippen MR) is 128 cm³/mol. The van der Waals surface area contributed by atoms with Gasteiger partial charge in [-0.05, 0) is 55.6 Å². The molecule has 2 aliphatic carbocycles. The van der Waals surface area contributed by atoms with Crippen LogP contribution in [0.2, 0.25) is 0 Å². The van der Waals surface area contributed by atoms with Gasteiger partial charge in [-0.25, -0.2) is 4.98 Å². The van der Waals surface area contributed by atoms with Crippen LogP contribution >= 0.6 is 0 Å². The first-order valence-electron chi connectivity index (χ1n) is 12.6. The van der Waals surface area contributed by atoms with E-state index in [9.17, 15) is 4.79 Å². The van der Waals surface area contributed by atoms with Gasteiger partial charge in [0, 0.05) is 50.9 Å². The van der Waals surface area contributed by atoms with Crippen LogP contribution in [0.15, 0.2) is 23.2 Å². The highest BCUT2D eigenvalue weighted by Crippen LogP contribution is 2.41. The number of piperidine rings is 1. The third-order valence-electron chi connectivity index (χ3n) is 7.28. The van der Waals surface area contributed by atoms with Crippen molar-refractivity contribution in [3.63, 3.8) is 0 Å². The van der Waals surface area contributed by atoms with Gasteiger partial charge in [0.15, 0.2) is 11.5 Å². The van der Waals surface area contributed by atoms with Crippen molar-refractivity contribution in [1.82, 2.24) is 25.3 Å². The molecule has 1 amide bonds. The number of ether oxygens (including phenoxy) is 1. The number of hydrogen-bond acceptors (Lipinski definition) is 8. The summed E-state index contributed by atoms with van der Waals surface area (Å²) >= 11 is 0. The first-order chi connectivity index (χ1) is 16.5. The molecule has 9 nitrogen and oxygen atoms in total. The average Bonchev–Trinajstić information content (AvgIpc) is 3.52. The number of anilines is 1. The van der Waals surface area contributed by atoms with E-state index in [-0.39, 0.29) is 17.9 Å². The molecule has 2 aromatic rings. The molecule has 2 saturated carbocycles. The number of amides is 1. The number of nitrogens with one attached hydrogen (secondary N) is 2. The summed E-state index contributed by atoms with van der Waals surface area (Å²) in [5, 5.41) is 11.1. The molecule has 2 N–H and O–H groups in total. The minimum absolute atomic E-state index is 0.0123. The Morgan fingerprint density at radius 3 is 2.74 bits per heavy atom. The van der Waals surface area contributed by atoms with Crippen molar-refractivity contribution in [1.29, 1.82) is 0 Å². The van der Waals surface area contributed by atoms with E-state index >= 15 is 0 Å². The first-order valence-corrected chi connectivity index (χ1v) is 12.6. The van der Waals surface area contributed by atoms with Gasteiger partial charge in [-0.3, -0.25) is 4.79 Å². The largest absolute Gasteiger partial charge is 0.381 e. The number of carbonyl (C=O) groups excluding carboxylic acids is 1. The molecular formula is C25H36N6O3. The van der Waals surface area contributed by atoms with Crippen LogP contribution in [-0.4, -0.2) is 70.9 Å². The molecule has 184 valence electrons. The topological polar surface area (TPSA) is 105 Å². The maximum absolute atomic E-state index is 14.0. The zero-order valence-corrected chi connectivity index (χ0v) is 20.4. The Kier molecular flexibility index (Phi) is 6.83. The summed E-state index contributed by atoms with van der Waals surface area (Å²) in [6, 6.07) is 2.50. The van der Waals surface area contributed by atoms with E-state index in [1.807, 2.05) is 11.1 Å². The van der Waals surface area contributed by atoms with Crippen LogP contribution in [0.3, 0.4) is 0 Å². The molecule has 5 rings (SSSR count). The number of aromatic nitrogens is 3. The molecule has 34 heavy (non-hydrogen) atoms. The van der Waals surface area contributed by atoms with E-state index in [0.717, 1.165) is 38.0 Å². The van der Waals surface area contributed by atoms with Crippen LogP contribution in [0.5, 0.6) is 0 Å². The first kappa shape index (κ1) is 23.2. The van der Waals surface area contributed by atoms with Crippen molar-refractivity contribution >= 4 is 11.6 Å². The lowest BCUT2D eigenvalue weighted by molar-refractivity contribution is 0.0328. The van der Waals surface area contributed by atoms with E-state index in [1.165, 1.54) is 24.8 Å². The Balaban J connectivity index is 1.39. The SMILES string of the molecule is COC1CC(Nc2cc(C3CC3)cnc2C(=O)N(CC(C)C)[C@@H]2CNC[C@H](c3ncon3)C2)C1. The second-order valence-corrected chi connectivity index (χ2v) is 10.5. The van der Waals surface area contributed by atoms with Gasteiger partial charge in [-0.15, -0.1) is 0 Å². The van der Waals surface area contributed by atoms with Gasteiger partial charge >= 0.3 is 0 Å². The predicted octanol–water partition coefficient (Wildman–Crippen LogP) is 3.18. The summed E-state index contributed by atoms with van der Waals surface area (Å²) in [6.45, 7) is 6.49. The van der Waals surface area contributed by atoms with Crippen molar-refractivity contribution in [2.75, 3.05) is 32.1 Å². The smallest absolute Gasteiger partial charge is 0.274 e. The number of methoxy groups -OCH3 is 1. The van der Waals surface area contributed by atoms with E-state index in [0.29, 0.717) is 42.0 Å². The van der Waals surface area contributed by atoms with Crippen molar-refractivity contribution < 1.29 is 14.1 Å². The van der Waals surface area contributed by atoms with Gasteiger partial charge in [0.1, 0.15) is 0 Å². The molecule has 9 heteroatoms. The summed E-state index contributed by atoms with van der Waals surface area (Å²) in [7, 11) is 1.76. The molecule has 3 fully saturated rings. The second-order valence-electron chi connectivity index (χ2n) is 10.5. The number of carbonyl (C=O) groups is 1. The van der Waals surface area contributed by atoms with Gasteiger partial charge in [-0.1, -0.05) is 19.0 Å². The number of nitrogens with zero attached hydrogens (tertiary/aromatic N) is 4. The van der Waals surface area contributed by atoms with Crippen LogP contribution < -0.4 is 10.6 Å². The van der Waals surface area contributed by atoms with Gasteiger partial charge in [-0.2, -0.15) is 4.98 Å². The normalized spacial score (nSPS) is 26.8. The fourth-order valence-corrected chi connectivity index (χ4v) is 5.14. The number of pyridine rings is 1. The summed E-state index contributed by atoms with van der Waals surface area (Å²) in [5.74, 6) is 1.72. The van der Waals surface area contributed by atoms with Crippen molar-refractivity contribution in [3.05, 3.63) is 35.7 Å². The van der Waals surface area contributed by atoms with Crippen LogP contribution in [0.1, 0.15) is 79.7 Å². The van der Waals surface area contributed by atoms with E-state index in [4.69, 9.17) is 14.2 Å². The molecule has 2 atom stereocenters. The van der Waals surface area contributed by atoms with Crippen LogP contribution in [0.25, 0.3) is 0 Å². The third-order valence-corrected chi connectivity index (χ3v) is 7.28. The highest BCUT2D eigenvalue weighted by atomic mass is 16.5. The molecule has 0 radical (unpaired) electrons. The average molecular weight is 469 g/mol. The van der Waals surface area contributed by atoms with Crippen LogP contribution in [-0.2, 0) is 4.74 Å². The minimum atomic E-state index is -0.0123. The van der Waals surface area contributed by atoms with Gasteiger partial charge in [0.2, 0.25) is 6.39 Å². The zero-order chi connectivity index (χ0) is 23.7. The quantitative estimate of drug-likeness (QED) is 0.578. The van der Waals surface area contributed by atoms with Crippen molar-refractivity contribution in [2.24, 2.45) is 5.92 Å². The zero-order valence-electron chi connectivity index (χ0n) is 20.4. The summed E-state index contributed by atoms with van der Waals surface area (Å²) in [6.07, 6.45) is 8.68. The molecule has 3 aliphatic rings. The number of hydrogen-bond donors (Lipinski definition) is 2. The maximum atomic E-state index is 14.0. The summed E-state index contributed by atoms with van der Waals surface area (Å²) in [5.41, 5.74) is 2.61. The standard InChI is InChI=1S/C25H36N6O3/c1-15(2)13-31(20-6-18(10-26-12-20)24-28-14-34-30-24)25(32)23-22(29-19-8-21(9-19)33-3)7-17(11-27-23)16-4-5-16/h7,11,14-16,18-21,26,29H,4-6,8-10,12-13H2,1-3H3/t18-,19?,20+,21?/m1/s1. The fourth-order valence-electron chi connectivity index (χ4n) is 5.14. The lowest BCUT2D eigenvalue weighted by atomic mass is 9.89. The molecule has 1 saturated heterocycles. The van der Waals surface area contributed by atoms with Crippen molar-refractivity contribution in [3.8, 4) is 0 Å². The van der Waals surface area contributed by atoms with Crippen LogP contribution in [0.4, 0.5) is 5.69 Å². The minimum Gasteiger partial charge on any atom is -0.381 e. The monoisotopic (exact) mass is 468 g/mol. The van der Waals surface area contributed by atoms with E-state index in [1.54, 1.807) is 7.11 Å². The Labute approximate surface area is 201 Å². The van der Waals surface area contributed by atoms with Gasteiger partial charge in [0.25, 0.3) is 5.91 Å². The summed E-state index contributed by atoms with van der Waals surface area (Å²) < 4.78 is 10.4. The molecule has 2 aromatic heterocycles. The van der Waals surface area contributed by atoms with Gasteiger partial charge in [0.05, 0.1) is 11.8 Å². The fraction of sp³-hybridized carbons (Fsp3) is 0.680. The molecular weight excluding hydrogens is 432 g/mol. The lowest BCUT2D eigenvalue weighted by Gasteiger charge is -2.39. The van der Waals surface area contributed by atoms with Crippen LogP contribution in [0, 0.1) is 5.92 Å². The molecule has 0 bridgehead atoms. The highest BCUT2D eigenvalue weighted by Gasteiger charge is 2.36. The molecule has 0 aromatic carbocycles. The van der Waals surface area contributed by atoms with Gasteiger partial charge < -0.3 is 24.8 Å². The third kappa shape index (κ3) is 5.10. The molecule has 0 spiro atoms.